The number of anilines is 1. The van der Waals surface area contributed by atoms with Crippen molar-refractivity contribution in [1.82, 2.24) is 19.9 Å². The predicted octanol–water partition coefficient (Wildman–Crippen LogP) is 2.60. The molecule has 0 radical (unpaired) electrons. The fraction of sp³-hybridized carbons (Fsp3) is 0.467. The highest BCUT2D eigenvalue weighted by Gasteiger charge is 2.10. The monoisotopic (exact) mass is 307 g/mol. The van der Waals surface area contributed by atoms with Crippen molar-refractivity contribution in [3.05, 3.63) is 41.1 Å². The van der Waals surface area contributed by atoms with Gasteiger partial charge in [0.15, 0.2) is 0 Å². The fourth-order valence-corrected chi connectivity index (χ4v) is 2.12. The first kappa shape index (κ1) is 15.8. The van der Waals surface area contributed by atoms with Crippen LogP contribution in [0.5, 0.6) is 0 Å². The van der Waals surface area contributed by atoms with Gasteiger partial charge < -0.3 is 14.8 Å². The molecule has 0 amide bonds. The Morgan fingerprint density at radius 3 is 2.76 bits per heavy atom. The molecule has 6 heteroatoms. The van der Waals surface area contributed by atoms with Gasteiger partial charge in [-0.05, 0) is 12.1 Å². The third kappa shape index (κ3) is 4.19. The molecule has 2 aromatic rings. The van der Waals surface area contributed by atoms with Gasteiger partial charge in [0.25, 0.3) is 0 Å². The molecular formula is C15H22ClN5. The van der Waals surface area contributed by atoms with Gasteiger partial charge in [0.05, 0.1) is 17.3 Å². The molecule has 0 saturated heterocycles. The van der Waals surface area contributed by atoms with Crippen LogP contribution in [0.1, 0.15) is 25.4 Å². The molecular weight excluding hydrogens is 286 g/mol. The molecule has 0 fully saturated rings. The smallest absolute Gasteiger partial charge is 0.129 e. The molecule has 2 rings (SSSR count). The number of nitrogens with zero attached hydrogens (tertiary/aromatic N) is 4. The molecule has 21 heavy (non-hydrogen) atoms. The lowest BCUT2D eigenvalue weighted by molar-refractivity contribution is 0.581. The van der Waals surface area contributed by atoms with Crippen molar-refractivity contribution in [3.8, 4) is 0 Å². The Kier molecular flexibility index (Phi) is 5.20. The summed E-state index contributed by atoms with van der Waals surface area (Å²) >= 11 is 6.21. The lowest BCUT2D eigenvalue weighted by Crippen LogP contribution is -2.24. The molecule has 2 aromatic heterocycles. The maximum absolute atomic E-state index is 6.21. The van der Waals surface area contributed by atoms with Gasteiger partial charge in [0.1, 0.15) is 11.6 Å². The van der Waals surface area contributed by atoms with Gasteiger partial charge in [-0.25, -0.2) is 9.97 Å². The van der Waals surface area contributed by atoms with Crippen LogP contribution in [-0.4, -0.2) is 27.6 Å². The van der Waals surface area contributed by atoms with Crippen LogP contribution in [0, 0.1) is 0 Å². The van der Waals surface area contributed by atoms with E-state index in [9.17, 15) is 0 Å². The van der Waals surface area contributed by atoms with Crippen molar-refractivity contribution in [2.45, 2.75) is 33.0 Å². The first-order valence-electron chi connectivity index (χ1n) is 7.03. The number of pyridine rings is 1. The summed E-state index contributed by atoms with van der Waals surface area (Å²) in [7, 11) is 3.99. The van der Waals surface area contributed by atoms with Crippen LogP contribution in [0.3, 0.4) is 0 Å². The summed E-state index contributed by atoms with van der Waals surface area (Å²) in [4.78, 5) is 11.1. The molecule has 0 spiro atoms. The second-order valence-corrected chi connectivity index (χ2v) is 5.85. The molecule has 0 aliphatic heterocycles. The lowest BCUT2D eigenvalue weighted by Gasteiger charge is -2.19. The number of imidazole rings is 1. The highest BCUT2D eigenvalue weighted by molar-refractivity contribution is 6.31. The molecule has 5 nitrogen and oxygen atoms in total. The number of nitrogens with one attached hydrogen (secondary N) is 1. The second-order valence-electron chi connectivity index (χ2n) is 5.44. The third-order valence-corrected chi connectivity index (χ3v) is 3.62. The molecule has 0 bridgehead atoms. The summed E-state index contributed by atoms with van der Waals surface area (Å²) in [5.74, 6) is 1.89. The lowest BCUT2D eigenvalue weighted by atomic mass is 10.3. The van der Waals surface area contributed by atoms with Crippen molar-refractivity contribution in [2.24, 2.45) is 7.05 Å². The Labute approximate surface area is 131 Å². The molecule has 0 unspecified atom stereocenters. The number of aromatic nitrogens is 3. The standard InChI is InChI=1S/C15H22ClN5/c1-11(2)18-9-13-12(16)5-6-14(19-13)21(4)10-15-17-7-8-20(15)3/h5-8,11,18H,9-10H2,1-4H3. The average Bonchev–Trinajstić information content (AvgIpc) is 2.83. The van der Waals surface area contributed by atoms with E-state index in [1.807, 2.05) is 37.0 Å². The average molecular weight is 308 g/mol. The van der Waals surface area contributed by atoms with Gasteiger partial charge in [-0.1, -0.05) is 25.4 Å². The van der Waals surface area contributed by atoms with Gasteiger partial charge >= 0.3 is 0 Å². The normalized spacial score (nSPS) is 11.1. The maximum atomic E-state index is 6.21. The number of rotatable bonds is 6. The fourth-order valence-electron chi connectivity index (χ4n) is 1.95. The van der Waals surface area contributed by atoms with Crippen LogP contribution in [-0.2, 0) is 20.1 Å². The van der Waals surface area contributed by atoms with E-state index >= 15 is 0 Å². The molecule has 0 aliphatic rings. The summed E-state index contributed by atoms with van der Waals surface area (Å²) < 4.78 is 2.01. The van der Waals surface area contributed by atoms with Crippen LogP contribution < -0.4 is 10.2 Å². The molecule has 0 aromatic carbocycles. The van der Waals surface area contributed by atoms with Crippen molar-refractivity contribution < 1.29 is 0 Å². The van der Waals surface area contributed by atoms with E-state index in [0.29, 0.717) is 24.2 Å². The van der Waals surface area contributed by atoms with Crippen molar-refractivity contribution >= 4 is 17.4 Å². The maximum Gasteiger partial charge on any atom is 0.129 e. The zero-order valence-corrected chi connectivity index (χ0v) is 13.7. The summed E-state index contributed by atoms with van der Waals surface area (Å²) in [5, 5.41) is 4.03. The molecule has 2 heterocycles. The number of halogens is 1. The van der Waals surface area contributed by atoms with Crippen LogP contribution >= 0.6 is 11.6 Å². The van der Waals surface area contributed by atoms with E-state index in [-0.39, 0.29) is 0 Å². The Bertz CT molecular complexity index is 593. The molecule has 1 N–H and O–H groups in total. The van der Waals surface area contributed by atoms with Gasteiger partial charge in [0.2, 0.25) is 0 Å². The van der Waals surface area contributed by atoms with E-state index in [1.165, 1.54) is 0 Å². The summed E-state index contributed by atoms with van der Waals surface area (Å²) in [6.45, 7) is 5.58. The quantitative estimate of drug-likeness (QED) is 0.891. The van der Waals surface area contributed by atoms with Gasteiger partial charge in [-0.3, -0.25) is 0 Å². The minimum absolute atomic E-state index is 0.400. The highest BCUT2D eigenvalue weighted by atomic mass is 35.5. The Balaban J connectivity index is 2.12. The second kappa shape index (κ2) is 6.91. The molecule has 114 valence electrons. The molecule has 0 aliphatic carbocycles. The molecule has 0 atom stereocenters. The van der Waals surface area contributed by atoms with Crippen LogP contribution in [0.4, 0.5) is 5.82 Å². The largest absolute Gasteiger partial charge is 0.352 e. The highest BCUT2D eigenvalue weighted by Crippen LogP contribution is 2.19. The third-order valence-electron chi connectivity index (χ3n) is 3.27. The Morgan fingerprint density at radius 1 is 1.38 bits per heavy atom. The van der Waals surface area contributed by atoms with Crippen molar-refractivity contribution in [1.29, 1.82) is 0 Å². The van der Waals surface area contributed by atoms with Crippen LogP contribution in [0.25, 0.3) is 0 Å². The van der Waals surface area contributed by atoms with Crippen LogP contribution in [0.15, 0.2) is 24.5 Å². The topological polar surface area (TPSA) is 46.0 Å². The number of aryl methyl sites for hydroxylation is 1. The Morgan fingerprint density at radius 2 is 2.14 bits per heavy atom. The first-order valence-corrected chi connectivity index (χ1v) is 7.41. The minimum Gasteiger partial charge on any atom is -0.352 e. The van der Waals surface area contributed by atoms with Gasteiger partial charge in [-0.15, -0.1) is 0 Å². The Hall–Kier alpha value is -1.59. The van der Waals surface area contributed by atoms with Gasteiger partial charge in [0, 0.05) is 39.1 Å². The summed E-state index contributed by atoms with van der Waals surface area (Å²) in [5.41, 5.74) is 0.870. The van der Waals surface area contributed by atoms with Gasteiger partial charge in [-0.2, -0.15) is 0 Å². The zero-order chi connectivity index (χ0) is 15.4. The summed E-state index contributed by atoms with van der Waals surface area (Å²) in [6, 6.07) is 4.23. The van der Waals surface area contributed by atoms with Crippen molar-refractivity contribution in [3.63, 3.8) is 0 Å². The van der Waals surface area contributed by atoms with E-state index in [2.05, 4.69) is 34.0 Å². The van der Waals surface area contributed by atoms with E-state index < -0.39 is 0 Å². The van der Waals surface area contributed by atoms with E-state index in [4.69, 9.17) is 11.6 Å². The number of hydrogen-bond acceptors (Lipinski definition) is 4. The SMILES string of the molecule is CC(C)NCc1nc(N(C)Cc2nccn2C)ccc1Cl. The first-order chi connectivity index (χ1) is 9.97. The summed E-state index contributed by atoms with van der Waals surface area (Å²) in [6.07, 6.45) is 3.74. The minimum atomic E-state index is 0.400. The van der Waals surface area contributed by atoms with Crippen molar-refractivity contribution in [2.75, 3.05) is 11.9 Å². The number of hydrogen-bond donors (Lipinski definition) is 1. The zero-order valence-electron chi connectivity index (χ0n) is 13.0. The molecule has 0 saturated carbocycles. The van der Waals surface area contributed by atoms with E-state index in [0.717, 1.165) is 17.3 Å². The van der Waals surface area contributed by atoms with Crippen LogP contribution in [0.2, 0.25) is 5.02 Å². The van der Waals surface area contributed by atoms with E-state index in [1.54, 1.807) is 6.20 Å². The predicted molar refractivity (Wildman–Crippen MR) is 86.5 cm³/mol.